The fourth-order valence-electron chi connectivity index (χ4n) is 3.71. The van der Waals surface area contributed by atoms with E-state index < -0.39 is 5.92 Å². The van der Waals surface area contributed by atoms with Gasteiger partial charge in [0.15, 0.2) is 11.5 Å². The smallest absolute Gasteiger partial charge is 0.244 e. The Morgan fingerprint density at radius 1 is 1.13 bits per heavy atom. The van der Waals surface area contributed by atoms with Crippen LogP contribution in [0.15, 0.2) is 52.3 Å². The molecule has 1 aliphatic heterocycles. The number of H-pyrrole nitrogens is 1. The fraction of sp³-hybridized carbons (Fsp3) is 0.182. The average molecular weight is 483 g/mol. The Balaban J connectivity index is 1.96. The average Bonchev–Trinajstić information content (AvgIpc) is 3.20. The molecular weight excluding hydrogens is 464 g/mol. The lowest BCUT2D eigenvalue weighted by atomic mass is 9.83. The highest BCUT2D eigenvalue weighted by Gasteiger charge is 2.36. The third-order valence-corrected chi connectivity index (χ3v) is 5.57. The van der Waals surface area contributed by atoms with E-state index >= 15 is 0 Å². The Kier molecular flexibility index (Phi) is 5.48. The number of nitrogens with two attached hydrogens (primary N) is 1. The second kappa shape index (κ2) is 8.24. The summed E-state index contributed by atoms with van der Waals surface area (Å²) in [6.45, 7) is 0. The Bertz CT molecular complexity index is 1200. The lowest BCUT2D eigenvalue weighted by Gasteiger charge is -2.24. The number of allylic oxidation sites excluding steroid dienone is 1. The molecule has 1 atom stereocenters. The summed E-state index contributed by atoms with van der Waals surface area (Å²) in [5.74, 6) is 1.33. The molecule has 0 saturated heterocycles. The maximum Gasteiger partial charge on any atom is 0.244 e. The second-order valence-corrected chi connectivity index (χ2v) is 7.63. The summed E-state index contributed by atoms with van der Waals surface area (Å²) in [7, 11) is 4.64. The zero-order chi connectivity index (χ0) is 22.1. The predicted molar refractivity (Wildman–Crippen MR) is 117 cm³/mol. The number of nitrogens with one attached hydrogen (secondary N) is 1. The van der Waals surface area contributed by atoms with Crippen molar-refractivity contribution in [3.05, 3.63) is 63.5 Å². The molecule has 3 N–H and O–H groups in total. The van der Waals surface area contributed by atoms with E-state index in [0.29, 0.717) is 40.0 Å². The van der Waals surface area contributed by atoms with Crippen molar-refractivity contribution in [2.75, 3.05) is 21.3 Å². The minimum absolute atomic E-state index is 0.0305. The first-order valence-electron chi connectivity index (χ1n) is 9.24. The fourth-order valence-corrected chi connectivity index (χ4v) is 4.13. The van der Waals surface area contributed by atoms with Crippen molar-refractivity contribution in [3.8, 4) is 40.5 Å². The molecule has 3 aromatic rings. The van der Waals surface area contributed by atoms with E-state index in [1.54, 1.807) is 33.5 Å². The summed E-state index contributed by atoms with van der Waals surface area (Å²) in [6.07, 6.45) is 0. The molecule has 1 aliphatic rings. The molecule has 0 unspecified atom stereocenters. The number of benzene rings is 2. The van der Waals surface area contributed by atoms with Crippen LogP contribution in [0.3, 0.4) is 0 Å². The number of hydrogen-bond donors (Lipinski definition) is 2. The topological polar surface area (TPSA) is 115 Å². The molecule has 2 heterocycles. The summed E-state index contributed by atoms with van der Waals surface area (Å²) in [5.41, 5.74) is 9.31. The molecule has 0 saturated carbocycles. The number of aromatic amines is 1. The van der Waals surface area contributed by atoms with Crippen molar-refractivity contribution in [2.45, 2.75) is 5.92 Å². The van der Waals surface area contributed by atoms with Crippen LogP contribution in [0, 0.1) is 11.3 Å². The molecule has 158 valence electrons. The third-order valence-electron chi connectivity index (χ3n) is 5.07. The van der Waals surface area contributed by atoms with Gasteiger partial charge in [0.05, 0.1) is 38.5 Å². The van der Waals surface area contributed by atoms with E-state index in [4.69, 9.17) is 24.7 Å². The van der Waals surface area contributed by atoms with Gasteiger partial charge in [-0.3, -0.25) is 5.10 Å². The first-order valence-corrected chi connectivity index (χ1v) is 10.0. The molecule has 0 fully saturated rings. The first kappa shape index (κ1) is 20.6. The number of halogens is 1. The molecule has 2 aromatic carbocycles. The van der Waals surface area contributed by atoms with Crippen LogP contribution in [0.5, 0.6) is 23.1 Å². The van der Waals surface area contributed by atoms with Crippen molar-refractivity contribution >= 4 is 15.9 Å². The van der Waals surface area contributed by atoms with Crippen molar-refractivity contribution in [1.82, 2.24) is 10.2 Å². The number of methoxy groups -OCH3 is 3. The van der Waals surface area contributed by atoms with Gasteiger partial charge in [-0.05, 0) is 29.8 Å². The Labute approximate surface area is 187 Å². The summed E-state index contributed by atoms with van der Waals surface area (Å²) >= 11 is 3.50. The van der Waals surface area contributed by atoms with Crippen molar-refractivity contribution in [2.24, 2.45) is 5.73 Å². The van der Waals surface area contributed by atoms with Crippen LogP contribution < -0.4 is 24.7 Å². The van der Waals surface area contributed by atoms with Crippen LogP contribution in [0.2, 0.25) is 0 Å². The van der Waals surface area contributed by atoms with Gasteiger partial charge in [-0.15, -0.1) is 5.10 Å². The molecule has 0 radical (unpaired) electrons. The van der Waals surface area contributed by atoms with Gasteiger partial charge >= 0.3 is 0 Å². The summed E-state index contributed by atoms with van der Waals surface area (Å²) in [4.78, 5) is 0. The molecule has 0 amide bonds. The minimum Gasteiger partial charge on any atom is -0.493 e. The number of fused-ring (bicyclic) bond motifs is 1. The quantitative estimate of drug-likeness (QED) is 0.562. The van der Waals surface area contributed by atoms with Gasteiger partial charge in [-0.1, -0.05) is 28.1 Å². The zero-order valence-electron chi connectivity index (χ0n) is 17.0. The van der Waals surface area contributed by atoms with Crippen LogP contribution in [0.1, 0.15) is 17.0 Å². The number of rotatable bonds is 5. The minimum atomic E-state index is -0.473. The Hall–Kier alpha value is -3.64. The van der Waals surface area contributed by atoms with Gasteiger partial charge in [0.2, 0.25) is 17.5 Å². The molecule has 1 aromatic heterocycles. The number of ether oxygens (including phenoxy) is 4. The molecule has 9 heteroatoms. The number of hydrogen-bond acceptors (Lipinski definition) is 7. The monoisotopic (exact) mass is 482 g/mol. The summed E-state index contributed by atoms with van der Waals surface area (Å²) in [6, 6.07) is 13.5. The number of nitrogens with zero attached hydrogens (tertiary/aromatic N) is 2. The van der Waals surface area contributed by atoms with Gasteiger partial charge in [0.25, 0.3) is 0 Å². The Morgan fingerprint density at radius 3 is 2.42 bits per heavy atom. The van der Waals surface area contributed by atoms with Gasteiger partial charge < -0.3 is 24.7 Å². The van der Waals surface area contributed by atoms with E-state index in [0.717, 1.165) is 15.6 Å². The number of nitriles is 1. The molecule has 8 nitrogen and oxygen atoms in total. The summed E-state index contributed by atoms with van der Waals surface area (Å²) in [5, 5.41) is 17.2. The molecule has 4 rings (SSSR count). The van der Waals surface area contributed by atoms with Crippen molar-refractivity contribution in [1.29, 1.82) is 5.26 Å². The van der Waals surface area contributed by atoms with Crippen molar-refractivity contribution in [3.63, 3.8) is 0 Å². The van der Waals surface area contributed by atoms with Crippen LogP contribution in [-0.2, 0) is 0 Å². The number of aromatic nitrogens is 2. The van der Waals surface area contributed by atoms with E-state index in [-0.39, 0.29) is 5.88 Å². The maximum atomic E-state index is 9.85. The molecule has 0 aliphatic carbocycles. The van der Waals surface area contributed by atoms with Crippen molar-refractivity contribution < 1.29 is 18.9 Å². The zero-order valence-corrected chi connectivity index (χ0v) is 18.6. The van der Waals surface area contributed by atoms with E-state index in [2.05, 4.69) is 32.2 Å². The highest BCUT2D eigenvalue weighted by Crippen LogP contribution is 2.48. The van der Waals surface area contributed by atoms with Crippen LogP contribution in [0.4, 0.5) is 0 Å². The maximum absolute atomic E-state index is 9.85. The lowest BCUT2D eigenvalue weighted by molar-refractivity contribution is 0.324. The van der Waals surface area contributed by atoms with Crippen LogP contribution in [-0.4, -0.2) is 31.5 Å². The first-order chi connectivity index (χ1) is 15.0. The normalized spacial score (nSPS) is 15.0. The third kappa shape index (κ3) is 3.45. The SMILES string of the molecule is COc1cc(-c2[nH]nc3c2[C@H](c2cccc(Br)c2)C(C#N)=C(N)O3)cc(OC)c1OC. The highest BCUT2D eigenvalue weighted by molar-refractivity contribution is 9.10. The second-order valence-electron chi connectivity index (χ2n) is 6.71. The van der Waals surface area contributed by atoms with E-state index in [9.17, 15) is 5.26 Å². The van der Waals surface area contributed by atoms with Gasteiger partial charge in [-0.25, -0.2) is 0 Å². The Morgan fingerprint density at radius 2 is 1.84 bits per heavy atom. The highest BCUT2D eigenvalue weighted by atomic mass is 79.9. The molecule has 0 bridgehead atoms. The largest absolute Gasteiger partial charge is 0.493 e. The standard InChI is InChI=1S/C22H19BrN4O4/c1-28-15-8-12(9-16(29-2)20(15)30-3)19-18-17(11-5-4-6-13(23)7-11)14(10-24)21(25)31-22(18)27-26-19/h4-9,17H,25H2,1-3H3,(H,26,27)/t17-/m1/s1. The van der Waals surface area contributed by atoms with E-state index in [1.807, 2.05) is 24.3 Å². The summed E-state index contributed by atoms with van der Waals surface area (Å²) < 4.78 is 23.0. The van der Waals surface area contributed by atoms with Gasteiger partial charge in [0, 0.05) is 10.0 Å². The molecule has 31 heavy (non-hydrogen) atoms. The van der Waals surface area contributed by atoms with Crippen LogP contribution in [0.25, 0.3) is 11.3 Å². The molecular formula is C22H19BrN4O4. The van der Waals surface area contributed by atoms with E-state index in [1.165, 1.54) is 0 Å². The lowest BCUT2D eigenvalue weighted by Crippen LogP contribution is -2.21. The van der Waals surface area contributed by atoms with Gasteiger partial charge in [0.1, 0.15) is 11.6 Å². The van der Waals surface area contributed by atoms with Gasteiger partial charge in [-0.2, -0.15) is 5.26 Å². The van der Waals surface area contributed by atoms with Crippen LogP contribution >= 0.6 is 15.9 Å². The predicted octanol–water partition coefficient (Wildman–Crippen LogP) is 4.08. The molecule has 0 spiro atoms.